The second-order valence-electron chi connectivity index (χ2n) is 5.27. The molecule has 0 aromatic heterocycles. The molecule has 1 heterocycles. The second-order valence-corrected chi connectivity index (χ2v) is 8.84. The lowest BCUT2D eigenvalue weighted by Gasteiger charge is -2.24. The summed E-state index contributed by atoms with van der Waals surface area (Å²) in [5.41, 5.74) is -0.519. The molecule has 1 aromatic carbocycles. The van der Waals surface area contributed by atoms with Gasteiger partial charge in [0.15, 0.2) is 0 Å². The van der Waals surface area contributed by atoms with Crippen LogP contribution in [0.15, 0.2) is 34.1 Å². The van der Waals surface area contributed by atoms with E-state index in [2.05, 4.69) is 14.8 Å². The zero-order valence-corrected chi connectivity index (χ0v) is 13.5. The summed E-state index contributed by atoms with van der Waals surface area (Å²) < 4.78 is 52.7. The lowest BCUT2D eigenvalue weighted by molar-refractivity contribution is 0.452. The summed E-state index contributed by atoms with van der Waals surface area (Å²) in [6.45, 7) is 3.17. The summed E-state index contributed by atoms with van der Waals surface area (Å²) in [7, 11) is -5.95. The first-order valence-corrected chi connectivity index (χ1v) is 9.44. The van der Waals surface area contributed by atoms with Crippen LogP contribution < -0.4 is 14.8 Å². The third-order valence-electron chi connectivity index (χ3n) is 3.46. The summed E-state index contributed by atoms with van der Waals surface area (Å²) in [5.74, 6) is 0. The first kappa shape index (κ1) is 16.4. The van der Waals surface area contributed by atoms with Crippen LogP contribution in [-0.4, -0.2) is 42.5 Å². The normalized spacial score (nSPS) is 23.3. The maximum Gasteiger partial charge on any atom is 0.241 e. The van der Waals surface area contributed by atoms with Crippen molar-refractivity contribution in [3.63, 3.8) is 0 Å². The molecule has 1 fully saturated rings. The van der Waals surface area contributed by atoms with Crippen LogP contribution in [0.2, 0.25) is 0 Å². The molecule has 1 aliphatic rings. The van der Waals surface area contributed by atoms with Crippen molar-refractivity contribution in [2.24, 2.45) is 0 Å². The van der Waals surface area contributed by atoms with Crippen LogP contribution in [0.4, 0.5) is 0 Å². The molecule has 7 nitrogen and oxygen atoms in total. The van der Waals surface area contributed by atoms with Crippen LogP contribution in [0.25, 0.3) is 0 Å². The molecular formula is C12H19N3O4S2. The molecule has 0 spiro atoms. The minimum atomic E-state index is -3.68. The Morgan fingerprint density at radius 3 is 2.00 bits per heavy atom. The van der Waals surface area contributed by atoms with Gasteiger partial charge in [-0.3, -0.25) is 0 Å². The molecular weight excluding hydrogens is 314 g/mol. The summed E-state index contributed by atoms with van der Waals surface area (Å²) in [5, 5.41) is 3.11. The standard InChI is InChI=1S/C12H19N3O4S2/c1-12(7-8-14-9-12)15-21(18,19)11-5-3-10(4-6-11)20(16,17)13-2/h3-6,13-15H,7-9H2,1-2H3. The van der Waals surface area contributed by atoms with Gasteiger partial charge in [0, 0.05) is 12.1 Å². The van der Waals surface area contributed by atoms with E-state index in [0.29, 0.717) is 13.0 Å². The van der Waals surface area contributed by atoms with Crippen molar-refractivity contribution < 1.29 is 16.8 Å². The fourth-order valence-electron chi connectivity index (χ4n) is 2.20. The highest BCUT2D eigenvalue weighted by Crippen LogP contribution is 2.19. The van der Waals surface area contributed by atoms with Gasteiger partial charge in [0.25, 0.3) is 0 Å². The van der Waals surface area contributed by atoms with Crippen molar-refractivity contribution in [1.29, 1.82) is 0 Å². The van der Waals surface area contributed by atoms with Crippen molar-refractivity contribution in [3.8, 4) is 0 Å². The highest BCUT2D eigenvalue weighted by atomic mass is 32.2. The van der Waals surface area contributed by atoms with Gasteiger partial charge in [-0.05, 0) is 51.2 Å². The number of benzene rings is 1. The Bertz CT molecular complexity index is 705. The third kappa shape index (κ3) is 3.61. The number of hydrogen-bond donors (Lipinski definition) is 3. The first-order valence-electron chi connectivity index (χ1n) is 6.47. The second kappa shape index (κ2) is 5.65. The smallest absolute Gasteiger partial charge is 0.241 e. The lowest BCUT2D eigenvalue weighted by Crippen LogP contribution is -2.47. The van der Waals surface area contributed by atoms with E-state index in [4.69, 9.17) is 0 Å². The molecule has 21 heavy (non-hydrogen) atoms. The van der Waals surface area contributed by atoms with E-state index in [9.17, 15) is 16.8 Å². The number of hydrogen-bond acceptors (Lipinski definition) is 5. The number of nitrogens with one attached hydrogen (secondary N) is 3. The van der Waals surface area contributed by atoms with Crippen molar-refractivity contribution in [1.82, 2.24) is 14.8 Å². The topological polar surface area (TPSA) is 104 Å². The fourth-order valence-corrected chi connectivity index (χ4v) is 4.37. The lowest BCUT2D eigenvalue weighted by atomic mass is 10.0. The van der Waals surface area contributed by atoms with Crippen molar-refractivity contribution in [2.45, 2.75) is 28.7 Å². The van der Waals surface area contributed by atoms with Gasteiger partial charge in [-0.15, -0.1) is 0 Å². The zero-order valence-electron chi connectivity index (χ0n) is 11.9. The zero-order chi connectivity index (χ0) is 15.7. The molecule has 0 amide bonds. The van der Waals surface area contributed by atoms with Gasteiger partial charge in [-0.25, -0.2) is 26.3 Å². The summed E-state index contributed by atoms with van der Waals surface area (Å²) in [4.78, 5) is 0.0726. The molecule has 0 radical (unpaired) electrons. The molecule has 2 rings (SSSR count). The van der Waals surface area contributed by atoms with Gasteiger partial charge in [-0.1, -0.05) is 0 Å². The average molecular weight is 333 g/mol. The van der Waals surface area contributed by atoms with Crippen molar-refractivity contribution >= 4 is 20.0 Å². The Labute approximate surface area is 125 Å². The largest absolute Gasteiger partial charge is 0.315 e. The summed E-state index contributed by atoms with van der Waals surface area (Å²) >= 11 is 0. The maximum absolute atomic E-state index is 12.3. The molecule has 0 bridgehead atoms. The molecule has 1 atom stereocenters. The molecule has 0 saturated carbocycles. The van der Waals surface area contributed by atoms with Gasteiger partial charge in [0.2, 0.25) is 20.0 Å². The molecule has 1 unspecified atom stereocenters. The molecule has 3 N–H and O–H groups in total. The quantitative estimate of drug-likeness (QED) is 0.682. The molecule has 9 heteroatoms. The van der Waals surface area contributed by atoms with E-state index in [1.165, 1.54) is 31.3 Å². The van der Waals surface area contributed by atoms with Gasteiger partial charge in [-0.2, -0.15) is 0 Å². The van der Waals surface area contributed by atoms with Gasteiger partial charge in [0.1, 0.15) is 0 Å². The van der Waals surface area contributed by atoms with E-state index in [-0.39, 0.29) is 9.79 Å². The Morgan fingerprint density at radius 2 is 1.57 bits per heavy atom. The summed E-state index contributed by atoms with van der Waals surface area (Å²) in [6.07, 6.45) is 0.707. The SMILES string of the molecule is CNS(=O)(=O)c1ccc(S(=O)(=O)NC2(C)CCNC2)cc1. The Hall–Kier alpha value is -1.00. The minimum absolute atomic E-state index is 0.0256. The molecule has 1 aromatic rings. The van der Waals surface area contributed by atoms with E-state index in [0.717, 1.165) is 6.54 Å². The van der Waals surface area contributed by atoms with Crippen LogP contribution in [-0.2, 0) is 20.0 Å². The highest BCUT2D eigenvalue weighted by molar-refractivity contribution is 7.90. The van der Waals surface area contributed by atoms with Gasteiger partial charge in [0.05, 0.1) is 9.79 Å². The molecule has 118 valence electrons. The van der Waals surface area contributed by atoms with Gasteiger partial charge >= 0.3 is 0 Å². The maximum atomic E-state index is 12.3. The Balaban J connectivity index is 2.25. The van der Waals surface area contributed by atoms with E-state index >= 15 is 0 Å². The minimum Gasteiger partial charge on any atom is -0.315 e. The fraction of sp³-hybridized carbons (Fsp3) is 0.500. The Morgan fingerprint density at radius 1 is 1.05 bits per heavy atom. The molecule has 1 aliphatic heterocycles. The van der Waals surface area contributed by atoms with Crippen LogP contribution >= 0.6 is 0 Å². The predicted molar refractivity (Wildman–Crippen MR) is 78.9 cm³/mol. The van der Waals surface area contributed by atoms with Crippen LogP contribution in [0, 0.1) is 0 Å². The molecule has 1 saturated heterocycles. The third-order valence-corrected chi connectivity index (χ3v) is 6.55. The van der Waals surface area contributed by atoms with Crippen molar-refractivity contribution in [3.05, 3.63) is 24.3 Å². The van der Waals surface area contributed by atoms with Crippen molar-refractivity contribution in [2.75, 3.05) is 20.1 Å². The van der Waals surface area contributed by atoms with Crippen LogP contribution in [0.3, 0.4) is 0 Å². The number of sulfonamides is 2. The van der Waals surface area contributed by atoms with Crippen LogP contribution in [0.1, 0.15) is 13.3 Å². The average Bonchev–Trinajstić information content (AvgIpc) is 2.84. The van der Waals surface area contributed by atoms with Crippen LogP contribution in [0.5, 0.6) is 0 Å². The van der Waals surface area contributed by atoms with E-state index in [1.807, 2.05) is 6.92 Å². The number of rotatable bonds is 5. The van der Waals surface area contributed by atoms with Gasteiger partial charge < -0.3 is 5.32 Å². The van der Waals surface area contributed by atoms with E-state index in [1.54, 1.807) is 0 Å². The molecule has 0 aliphatic carbocycles. The highest BCUT2D eigenvalue weighted by Gasteiger charge is 2.33. The first-order chi connectivity index (χ1) is 9.69. The predicted octanol–water partition coefficient (Wildman–Crippen LogP) is -0.375. The monoisotopic (exact) mass is 333 g/mol. The Kier molecular flexibility index (Phi) is 4.41. The summed E-state index contributed by atoms with van der Waals surface area (Å²) in [6, 6.07) is 5.13. The van der Waals surface area contributed by atoms with E-state index < -0.39 is 25.6 Å².